The molecule has 14 heteroatoms. The summed E-state index contributed by atoms with van der Waals surface area (Å²) in [4.78, 5) is 53.3. The van der Waals surface area contributed by atoms with Gasteiger partial charge in [0.1, 0.15) is 0 Å². The van der Waals surface area contributed by atoms with E-state index in [1.807, 2.05) is 0 Å². The number of amides is 2. The lowest BCUT2D eigenvalue weighted by molar-refractivity contribution is -0.137. The van der Waals surface area contributed by atoms with E-state index < -0.39 is 46.7 Å². The number of aromatic amines is 1. The van der Waals surface area contributed by atoms with Crippen LogP contribution in [-0.4, -0.2) is 42.7 Å². The number of anilines is 1. The number of urea groups is 1. The largest absolute Gasteiger partial charge is 0.478 e. The monoisotopic (exact) mass is 515 g/mol. The number of carboxylic acids is 2. The summed E-state index contributed by atoms with van der Waals surface area (Å²) in [7, 11) is 0. The van der Waals surface area contributed by atoms with E-state index in [1.54, 1.807) is 0 Å². The summed E-state index contributed by atoms with van der Waals surface area (Å²) in [6, 6.07) is 7.53. The van der Waals surface area contributed by atoms with Gasteiger partial charge in [-0.25, -0.2) is 19.4 Å². The van der Waals surface area contributed by atoms with Crippen molar-refractivity contribution in [2.45, 2.75) is 12.7 Å². The maximum Gasteiger partial charge on any atom is 0.418 e. The van der Waals surface area contributed by atoms with Gasteiger partial charge in [0.25, 0.3) is 5.56 Å². The van der Waals surface area contributed by atoms with Gasteiger partial charge in [0.05, 0.1) is 34.4 Å². The first-order chi connectivity index (χ1) is 17.3. The predicted octanol–water partition coefficient (Wildman–Crippen LogP) is 3.21. The van der Waals surface area contributed by atoms with Crippen molar-refractivity contribution >= 4 is 34.7 Å². The highest BCUT2D eigenvalue weighted by Crippen LogP contribution is 2.36. The van der Waals surface area contributed by atoms with E-state index in [1.165, 1.54) is 42.7 Å². The number of carbonyl (C=O) groups is 3. The number of carboxylic acid groups (broad SMARTS) is 2. The molecular weight excluding hydrogens is 499 g/mol. The van der Waals surface area contributed by atoms with Crippen molar-refractivity contribution < 1.29 is 37.8 Å². The second-order valence-electron chi connectivity index (χ2n) is 7.81. The number of fused-ring (bicyclic) bond motifs is 1. The van der Waals surface area contributed by atoms with Crippen molar-refractivity contribution in [3.63, 3.8) is 0 Å². The van der Waals surface area contributed by atoms with Crippen LogP contribution in [0.1, 0.15) is 32.0 Å². The molecule has 0 bridgehead atoms. The second-order valence-corrected chi connectivity index (χ2v) is 7.81. The van der Waals surface area contributed by atoms with Crippen LogP contribution >= 0.6 is 0 Å². The van der Waals surface area contributed by atoms with E-state index in [-0.39, 0.29) is 28.8 Å². The summed E-state index contributed by atoms with van der Waals surface area (Å²) < 4.78 is 42.7. The predicted molar refractivity (Wildman–Crippen MR) is 123 cm³/mol. The quantitative estimate of drug-likeness (QED) is 0.305. The van der Waals surface area contributed by atoms with Crippen molar-refractivity contribution in [3.8, 4) is 5.69 Å². The Morgan fingerprint density at radius 3 is 2.43 bits per heavy atom. The summed E-state index contributed by atoms with van der Waals surface area (Å²) in [5.74, 6) is -2.87. The number of halogens is 3. The number of nitrogens with zero attached hydrogens (tertiary/aromatic N) is 3. The molecule has 11 nitrogen and oxygen atoms in total. The Labute approximate surface area is 204 Å². The molecule has 2 heterocycles. The van der Waals surface area contributed by atoms with Crippen molar-refractivity contribution in [3.05, 3.63) is 87.6 Å². The molecule has 0 saturated heterocycles. The van der Waals surface area contributed by atoms with E-state index in [9.17, 15) is 37.5 Å². The number of benzene rings is 2. The molecule has 0 atom stereocenters. The average Bonchev–Trinajstić information content (AvgIpc) is 3.29. The Kier molecular flexibility index (Phi) is 6.17. The fraction of sp³-hybridized carbons (Fsp3) is 0.0870. The molecule has 0 radical (unpaired) electrons. The number of carbonyl (C=O) groups excluding carboxylic acids is 1. The van der Waals surface area contributed by atoms with Crippen LogP contribution in [0.5, 0.6) is 0 Å². The number of primary amides is 1. The number of H-pyrrole nitrogens is 1. The Hall–Kier alpha value is -5.14. The number of nitrogens with one attached hydrogen (secondary N) is 1. The fourth-order valence-corrected chi connectivity index (χ4v) is 3.68. The van der Waals surface area contributed by atoms with Gasteiger partial charge in [-0.2, -0.15) is 13.2 Å². The number of rotatable bonds is 6. The van der Waals surface area contributed by atoms with E-state index in [2.05, 4.69) is 9.97 Å². The summed E-state index contributed by atoms with van der Waals surface area (Å²) in [6.45, 7) is -0.199. The maximum atomic E-state index is 13.9. The molecule has 0 unspecified atom stereocenters. The lowest BCUT2D eigenvalue weighted by Gasteiger charge is -2.20. The van der Waals surface area contributed by atoms with Crippen molar-refractivity contribution in [2.24, 2.45) is 5.73 Å². The molecule has 0 fully saturated rings. The van der Waals surface area contributed by atoms with E-state index in [4.69, 9.17) is 10.8 Å². The van der Waals surface area contributed by atoms with Crippen LogP contribution in [0.4, 0.5) is 23.7 Å². The molecule has 5 N–H and O–H groups in total. The molecule has 0 aliphatic rings. The van der Waals surface area contributed by atoms with Gasteiger partial charge in [0, 0.05) is 18.1 Å². The van der Waals surface area contributed by atoms with Gasteiger partial charge < -0.3 is 25.5 Å². The van der Waals surface area contributed by atoms with Crippen molar-refractivity contribution in [1.29, 1.82) is 0 Å². The molecule has 2 amide bonds. The summed E-state index contributed by atoms with van der Waals surface area (Å²) in [6.07, 6.45) is -2.29. The summed E-state index contributed by atoms with van der Waals surface area (Å²) in [5.41, 5.74) is 1.77. The molecular formula is C23H16F3N5O6. The number of aromatic carboxylic acids is 2. The summed E-state index contributed by atoms with van der Waals surface area (Å²) in [5, 5.41) is 18.3. The van der Waals surface area contributed by atoms with Gasteiger partial charge in [-0.15, -0.1) is 0 Å². The van der Waals surface area contributed by atoms with Crippen LogP contribution in [0.15, 0.2) is 59.7 Å². The minimum absolute atomic E-state index is 0.0985. The van der Waals surface area contributed by atoms with Gasteiger partial charge in [-0.3, -0.25) is 9.69 Å². The zero-order chi connectivity index (χ0) is 27.1. The zero-order valence-electron chi connectivity index (χ0n) is 18.5. The number of hydrogen-bond donors (Lipinski definition) is 4. The highest BCUT2D eigenvalue weighted by molar-refractivity contribution is 5.94. The Morgan fingerprint density at radius 1 is 1.08 bits per heavy atom. The molecule has 4 aromatic rings. The van der Waals surface area contributed by atoms with E-state index in [0.717, 1.165) is 15.5 Å². The lowest BCUT2D eigenvalue weighted by atomic mass is 10.1. The zero-order valence-corrected chi connectivity index (χ0v) is 18.5. The molecule has 2 aromatic carbocycles. The SMILES string of the molecule is NC(=O)N(Cc1ccn(-c2cc3nc(C(=O)O)c(=O)[nH]c3cc2C(F)(F)F)c1)c1cccc(C(=O)O)c1. The van der Waals surface area contributed by atoms with Gasteiger partial charge in [-0.05, 0) is 42.0 Å². The molecule has 0 aliphatic carbocycles. The summed E-state index contributed by atoms with van der Waals surface area (Å²) >= 11 is 0. The molecule has 0 aliphatic heterocycles. The number of aromatic nitrogens is 3. The van der Waals surface area contributed by atoms with Gasteiger partial charge in [0.2, 0.25) is 5.69 Å². The normalized spacial score (nSPS) is 11.4. The van der Waals surface area contributed by atoms with Crippen LogP contribution in [0, 0.1) is 0 Å². The van der Waals surface area contributed by atoms with E-state index in [0.29, 0.717) is 11.6 Å². The number of alkyl halides is 3. The Balaban J connectivity index is 1.78. The van der Waals surface area contributed by atoms with Gasteiger partial charge >= 0.3 is 24.1 Å². The lowest BCUT2D eigenvalue weighted by Crippen LogP contribution is -2.35. The third-order valence-corrected chi connectivity index (χ3v) is 5.36. The molecule has 190 valence electrons. The minimum atomic E-state index is -4.85. The average molecular weight is 515 g/mol. The van der Waals surface area contributed by atoms with Crippen LogP contribution in [0.2, 0.25) is 0 Å². The first kappa shape index (κ1) is 25.0. The topological polar surface area (TPSA) is 172 Å². The number of nitrogens with two attached hydrogens (primary N) is 1. The second kappa shape index (κ2) is 9.14. The number of hydrogen-bond acceptors (Lipinski definition) is 5. The van der Waals surface area contributed by atoms with Gasteiger partial charge in [-0.1, -0.05) is 6.07 Å². The van der Waals surface area contributed by atoms with Crippen LogP contribution < -0.4 is 16.2 Å². The first-order valence-electron chi connectivity index (χ1n) is 10.3. The molecule has 0 spiro atoms. The maximum absolute atomic E-state index is 13.9. The standard InChI is InChI=1S/C23H16F3N5O6/c24-23(25,26)14-7-15-16(28-18(21(35)36)19(32)29-15)8-17(14)30-5-4-11(9-30)10-31(22(27)37)13-3-1-2-12(6-13)20(33)34/h1-9H,10H2,(H2,27,37)(H,29,32)(H,33,34)(H,35,36). The molecule has 0 saturated carbocycles. The van der Waals surface area contributed by atoms with Crippen molar-refractivity contribution in [1.82, 2.24) is 14.5 Å². The third kappa shape index (κ3) is 4.98. The minimum Gasteiger partial charge on any atom is -0.478 e. The highest BCUT2D eigenvalue weighted by Gasteiger charge is 2.35. The van der Waals surface area contributed by atoms with Gasteiger partial charge in [0.15, 0.2) is 0 Å². The third-order valence-electron chi connectivity index (χ3n) is 5.36. The van der Waals surface area contributed by atoms with Crippen LogP contribution in [-0.2, 0) is 12.7 Å². The highest BCUT2D eigenvalue weighted by atomic mass is 19.4. The van der Waals surface area contributed by atoms with Crippen LogP contribution in [0.3, 0.4) is 0 Å². The van der Waals surface area contributed by atoms with Crippen LogP contribution in [0.25, 0.3) is 16.7 Å². The Morgan fingerprint density at radius 2 is 1.81 bits per heavy atom. The molecule has 4 rings (SSSR count). The molecule has 2 aromatic heterocycles. The molecule has 37 heavy (non-hydrogen) atoms. The Bertz CT molecular complexity index is 1630. The first-order valence-corrected chi connectivity index (χ1v) is 10.3. The smallest absolute Gasteiger partial charge is 0.418 e. The van der Waals surface area contributed by atoms with Crippen molar-refractivity contribution in [2.75, 3.05) is 4.90 Å². The fourth-order valence-electron chi connectivity index (χ4n) is 3.68. The van der Waals surface area contributed by atoms with E-state index >= 15 is 0 Å².